The molecule has 0 aromatic rings. The van der Waals surface area contributed by atoms with Gasteiger partial charge in [-0.3, -0.25) is 9.69 Å². The van der Waals surface area contributed by atoms with E-state index in [9.17, 15) is 18.0 Å². The van der Waals surface area contributed by atoms with E-state index in [-0.39, 0.29) is 30.7 Å². The van der Waals surface area contributed by atoms with E-state index >= 15 is 0 Å². The highest BCUT2D eigenvalue weighted by Crippen LogP contribution is 2.24. The largest absolute Gasteiger partial charge is 0.401 e. The molecule has 0 bridgehead atoms. The van der Waals surface area contributed by atoms with Crippen molar-refractivity contribution in [2.24, 2.45) is 11.8 Å². The number of hydrogen-bond acceptors (Lipinski definition) is 3. The van der Waals surface area contributed by atoms with E-state index in [2.05, 4.69) is 12.2 Å². The summed E-state index contributed by atoms with van der Waals surface area (Å²) >= 11 is 0. The van der Waals surface area contributed by atoms with Crippen molar-refractivity contribution in [3.63, 3.8) is 0 Å². The van der Waals surface area contributed by atoms with Gasteiger partial charge >= 0.3 is 6.18 Å². The van der Waals surface area contributed by atoms with Gasteiger partial charge in [-0.1, -0.05) is 6.92 Å². The number of amides is 1. The highest BCUT2D eigenvalue weighted by molar-refractivity contribution is 5.85. The minimum absolute atomic E-state index is 0. The molecule has 2 aliphatic heterocycles. The third-order valence-electron chi connectivity index (χ3n) is 4.76. The van der Waals surface area contributed by atoms with Gasteiger partial charge in [0, 0.05) is 32.6 Å². The normalized spacial score (nSPS) is 23.8. The molecule has 4 nitrogen and oxygen atoms in total. The molecule has 0 radical (unpaired) electrons. The molecule has 0 spiro atoms. The van der Waals surface area contributed by atoms with Gasteiger partial charge in [0.15, 0.2) is 0 Å². The molecule has 2 aliphatic rings. The van der Waals surface area contributed by atoms with Crippen molar-refractivity contribution in [2.75, 3.05) is 45.8 Å². The van der Waals surface area contributed by atoms with Crippen LogP contribution in [0.3, 0.4) is 0 Å². The van der Waals surface area contributed by atoms with Crippen LogP contribution in [0, 0.1) is 11.8 Å². The summed E-state index contributed by atoms with van der Waals surface area (Å²) in [7, 11) is 0. The first-order valence-electron chi connectivity index (χ1n) is 8.13. The van der Waals surface area contributed by atoms with Crippen LogP contribution in [0.2, 0.25) is 0 Å². The van der Waals surface area contributed by atoms with Crippen molar-refractivity contribution in [2.45, 2.75) is 32.4 Å². The number of nitrogens with one attached hydrogen (secondary N) is 1. The fourth-order valence-corrected chi connectivity index (χ4v) is 3.34. The van der Waals surface area contributed by atoms with Crippen molar-refractivity contribution < 1.29 is 18.0 Å². The van der Waals surface area contributed by atoms with E-state index in [0.29, 0.717) is 44.4 Å². The molecule has 2 rings (SSSR count). The molecule has 2 atom stereocenters. The zero-order valence-electron chi connectivity index (χ0n) is 14.0. The Hall–Kier alpha value is -0.240. The zero-order chi connectivity index (χ0) is 16.2. The second-order valence-electron chi connectivity index (χ2n) is 6.56. The van der Waals surface area contributed by atoms with E-state index in [1.807, 2.05) is 0 Å². The Balaban J connectivity index is 0.00000264. The molecule has 2 fully saturated rings. The Labute approximate surface area is 154 Å². The van der Waals surface area contributed by atoms with Gasteiger partial charge in [0.05, 0.1) is 6.54 Å². The summed E-state index contributed by atoms with van der Waals surface area (Å²) in [5.74, 6) is 0.947. The predicted octanol–water partition coefficient (Wildman–Crippen LogP) is 2.56. The standard InChI is InChI=1S/C15H26F3N3O.2ClH/c1-12(13-3-2-4-19-10-13)9-14(22)21-7-5-20(6-8-21)11-15(16,17)18;;/h12-13,19H,2-11H2,1H3;2*1H. The first kappa shape index (κ1) is 23.8. The average molecular weight is 394 g/mol. The lowest BCUT2D eigenvalue weighted by atomic mass is 9.85. The Morgan fingerprint density at radius 3 is 2.33 bits per heavy atom. The van der Waals surface area contributed by atoms with E-state index in [1.54, 1.807) is 4.90 Å². The number of hydrogen-bond donors (Lipinski definition) is 1. The minimum atomic E-state index is -4.16. The molecule has 2 saturated heterocycles. The number of halogens is 5. The molecule has 24 heavy (non-hydrogen) atoms. The predicted molar refractivity (Wildman–Crippen MR) is 92.9 cm³/mol. The second-order valence-corrected chi connectivity index (χ2v) is 6.56. The summed E-state index contributed by atoms with van der Waals surface area (Å²) < 4.78 is 37.0. The maximum absolute atomic E-state index is 12.3. The van der Waals surface area contributed by atoms with Crippen LogP contribution in [0.25, 0.3) is 0 Å². The quantitative estimate of drug-likeness (QED) is 0.796. The number of piperidine rings is 1. The van der Waals surface area contributed by atoms with Gasteiger partial charge in [-0.15, -0.1) is 24.8 Å². The molecule has 9 heteroatoms. The fourth-order valence-electron chi connectivity index (χ4n) is 3.34. The van der Waals surface area contributed by atoms with Crippen LogP contribution in [-0.4, -0.2) is 67.7 Å². The fraction of sp³-hybridized carbons (Fsp3) is 0.933. The number of carbonyl (C=O) groups excluding carboxylic acids is 1. The topological polar surface area (TPSA) is 35.6 Å². The number of carbonyl (C=O) groups is 1. The maximum atomic E-state index is 12.3. The van der Waals surface area contributed by atoms with Crippen LogP contribution in [0.1, 0.15) is 26.2 Å². The van der Waals surface area contributed by atoms with Crippen LogP contribution >= 0.6 is 24.8 Å². The maximum Gasteiger partial charge on any atom is 0.401 e. The van der Waals surface area contributed by atoms with Gasteiger partial charge < -0.3 is 10.2 Å². The highest BCUT2D eigenvalue weighted by Gasteiger charge is 2.33. The zero-order valence-corrected chi connectivity index (χ0v) is 15.6. The van der Waals surface area contributed by atoms with Crippen LogP contribution in [-0.2, 0) is 4.79 Å². The molecule has 0 aromatic carbocycles. The summed E-state index contributed by atoms with van der Waals surface area (Å²) in [6.45, 7) is 4.69. The van der Waals surface area contributed by atoms with E-state index in [4.69, 9.17) is 0 Å². The molecule has 1 N–H and O–H groups in total. The van der Waals surface area contributed by atoms with Gasteiger partial charge in [-0.05, 0) is 37.8 Å². The smallest absolute Gasteiger partial charge is 0.340 e. The number of alkyl halides is 3. The number of rotatable bonds is 4. The molecular weight excluding hydrogens is 366 g/mol. The van der Waals surface area contributed by atoms with Crippen LogP contribution in [0.15, 0.2) is 0 Å². The number of piperazine rings is 1. The highest BCUT2D eigenvalue weighted by atomic mass is 35.5. The third-order valence-corrected chi connectivity index (χ3v) is 4.76. The lowest BCUT2D eigenvalue weighted by Gasteiger charge is -2.36. The first-order chi connectivity index (χ1) is 10.3. The van der Waals surface area contributed by atoms with Gasteiger partial charge in [0.1, 0.15) is 0 Å². The number of nitrogens with zero attached hydrogens (tertiary/aromatic N) is 2. The summed E-state index contributed by atoms with van der Waals surface area (Å²) in [5, 5.41) is 3.36. The summed E-state index contributed by atoms with van der Waals surface area (Å²) in [6.07, 6.45) is -1.35. The van der Waals surface area contributed by atoms with Gasteiger partial charge in [-0.25, -0.2) is 0 Å². The lowest BCUT2D eigenvalue weighted by Crippen LogP contribution is -2.51. The van der Waals surface area contributed by atoms with Gasteiger partial charge in [0.2, 0.25) is 5.91 Å². The average Bonchev–Trinajstić information content (AvgIpc) is 2.47. The molecule has 1 amide bonds. The Bertz CT molecular complexity index is 371. The molecule has 0 aliphatic carbocycles. The summed E-state index contributed by atoms with van der Waals surface area (Å²) in [4.78, 5) is 15.4. The van der Waals surface area contributed by atoms with Crippen molar-refractivity contribution in [3.8, 4) is 0 Å². The van der Waals surface area contributed by atoms with Crippen LogP contribution in [0.5, 0.6) is 0 Å². The SMILES string of the molecule is CC(CC(=O)N1CCN(CC(F)(F)F)CC1)C1CCCNC1.Cl.Cl. The van der Waals surface area contributed by atoms with Crippen molar-refractivity contribution >= 4 is 30.7 Å². The van der Waals surface area contributed by atoms with E-state index in [0.717, 1.165) is 25.9 Å². The van der Waals surface area contributed by atoms with Crippen LogP contribution < -0.4 is 5.32 Å². The summed E-state index contributed by atoms with van der Waals surface area (Å²) in [5.41, 5.74) is 0. The summed E-state index contributed by atoms with van der Waals surface area (Å²) in [6, 6.07) is 0. The molecule has 144 valence electrons. The third kappa shape index (κ3) is 7.76. The van der Waals surface area contributed by atoms with Crippen molar-refractivity contribution in [1.29, 1.82) is 0 Å². The van der Waals surface area contributed by atoms with E-state index in [1.165, 1.54) is 4.90 Å². The van der Waals surface area contributed by atoms with Crippen LogP contribution in [0.4, 0.5) is 13.2 Å². The monoisotopic (exact) mass is 393 g/mol. The van der Waals surface area contributed by atoms with Gasteiger partial charge in [0.25, 0.3) is 0 Å². The molecule has 2 heterocycles. The Morgan fingerprint density at radius 1 is 1.21 bits per heavy atom. The van der Waals surface area contributed by atoms with Gasteiger partial charge in [-0.2, -0.15) is 13.2 Å². The van der Waals surface area contributed by atoms with Crippen molar-refractivity contribution in [3.05, 3.63) is 0 Å². The second kappa shape index (κ2) is 10.7. The Morgan fingerprint density at radius 2 is 1.83 bits per heavy atom. The Kier molecular flexibility index (Phi) is 10.6. The molecule has 0 aromatic heterocycles. The molecular formula is C15H28Cl2F3N3O. The first-order valence-corrected chi connectivity index (χ1v) is 8.13. The molecule has 2 unspecified atom stereocenters. The lowest BCUT2D eigenvalue weighted by molar-refractivity contribution is -0.152. The van der Waals surface area contributed by atoms with Crippen molar-refractivity contribution in [1.82, 2.24) is 15.1 Å². The molecule has 0 saturated carbocycles. The minimum Gasteiger partial charge on any atom is -0.340 e. The van der Waals surface area contributed by atoms with E-state index < -0.39 is 12.7 Å².